The normalized spacial score (nSPS) is 12.4. The van der Waals surface area contributed by atoms with Gasteiger partial charge in [0.1, 0.15) is 4.90 Å². The standard InChI is InChI=1S/C12H21N3O2S/c1-12(2,8-13)9-15-10-6-4-5-7-11(10)18(16,17)14-3/h4-7,14-15H,8-9,13H2,1-3H3. The number of benzene rings is 1. The van der Waals surface area contributed by atoms with Gasteiger partial charge in [0.05, 0.1) is 5.69 Å². The van der Waals surface area contributed by atoms with E-state index in [2.05, 4.69) is 10.0 Å². The average Bonchev–Trinajstić information content (AvgIpc) is 2.37. The number of nitrogens with one attached hydrogen (secondary N) is 2. The van der Waals surface area contributed by atoms with Gasteiger partial charge < -0.3 is 11.1 Å². The van der Waals surface area contributed by atoms with Crippen LogP contribution in [0.1, 0.15) is 13.8 Å². The molecular weight excluding hydrogens is 250 g/mol. The fourth-order valence-electron chi connectivity index (χ4n) is 1.36. The summed E-state index contributed by atoms with van der Waals surface area (Å²) < 4.78 is 26.0. The van der Waals surface area contributed by atoms with Crippen LogP contribution in [0.2, 0.25) is 0 Å². The molecule has 0 aromatic heterocycles. The van der Waals surface area contributed by atoms with E-state index in [1.54, 1.807) is 24.3 Å². The van der Waals surface area contributed by atoms with Gasteiger partial charge >= 0.3 is 0 Å². The number of anilines is 1. The van der Waals surface area contributed by atoms with E-state index in [-0.39, 0.29) is 10.3 Å². The Bertz CT molecular complexity index is 498. The zero-order chi connectivity index (χ0) is 13.8. The molecule has 5 nitrogen and oxygen atoms in total. The first-order valence-corrected chi connectivity index (χ1v) is 7.27. The summed E-state index contributed by atoms with van der Waals surface area (Å²) in [6, 6.07) is 6.82. The highest BCUT2D eigenvalue weighted by Gasteiger charge is 2.19. The van der Waals surface area contributed by atoms with Gasteiger partial charge in [-0.05, 0) is 31.1 Å². The van der Waals surface area contributed by atoms with Crippen molar-refractivity contribution in [2.75, 3.05) is 25.5 Å². The van der Waals surface area contributed by atoms with Crippen LogP contribution >= 0.6 is 0 Å². The average molecular weight is 271 g/mol. The Morgan fingerprint density at radius 1 is 1.28 bits per heavy atom. The van der Waals surface area contributed by atoms with Gasteiger partial charge in [-0.2, -0.15) is 0 Å². The minimum atomic E-state index is -3.45. The van der Waals surface area contributed by atoms with Gasteiger partial charge in [-0.25, -0.2) is 13.1 Å². The molecule has 0 unspecified atom stereocenters. The molecule has 0 radical (unpaired) electrons. The summed E-state index contributed by atoms with van der Waals surface area (Å²) in [5.41, 5.74) is 6.15. The first-order valence-electron chi connectivity index (χ1n) is 5.79. The molecule has 0 saturated heterocycles. The Morgan fingerprint density at radius 2 is 1.89 bits per heavy atom. The van der Waals surface area contributed by atoms with Crippen molar-refractivity contribution in [3.8, 4) is 0 Å². The Balaban J connectivity index is 2.98. The van der Waals surface area contributed by atoms with Gasteiger partial charge in [0.25, 0.3) is 0 Å². The third kappa shape index (κ3) is 3.69. The van der Waals surface area contributed by atoms with E-state index in [0.29, 0.717) is 18.8 Å². The van der Waals surface area contributed by atoms with Crippen LogP contribution in [0.3, 0.4) is 0 Å². The second-order valence-corrected chi connectivity index (χ2v) is 6.78. The quantitative estimate of drug-likeness (QED) is 0.720. The summed E-state index contributed by atoms with van der Waals surface area (Å²) in [5.74, 6) is 0. The number of hydrogen-bond donors (Lipinski definition) is 3. The lowest BCUT2D eigenvalue weighted by atomic mass is 9.94. The highest BCUT2D eigenvalue weighted by atomic mass is 32.2. The molecule has 4 N–H and O–H groups in total. The van der Waals surface area contributed by atoms with Crippen molar-refractivity contribution < 1.29 is 8.42 Å². The molecule has 0 atom stereocenters. The van der Waals surface area contributed by atoms with Crippen LogP contribution in [-0.4, -0.2) is 28.6 Å². The van der Waals surface area contributed by atoms with Gasteiger partial charge in [-0.1, -0.05) is 26.0 Å². The van der Waals surface area contributed by atoms with Crippen LogP contribution in [-0.2, 0) is 10.0 Å². The maximum absolute atomic E-state index is 11.8. The Labute approximate surface area is 109 Å². The summed E-state index contributed by atoms with van der Waals surface area (Å²) in [5, 5.41) is 3.15. The zero-order valence-electron chi connectivity index (χ0n) is 11.0. The van der Waals surface area contributed by atoms with Gasteiger partial charge in [0.15, 0.2) is 0 Å². The van der Waals surface area contributed by atoms with E-state index in [4.69, 9.17) is 5.73 Å². The van der Waals surface area contributed by atoms with Crippen molar-refractivity contribution in [3.05, 3.63) is 24.3 Å². The van der Waals surface area contributed by atoms with Crippen molar-refractivity contribution in [2.45, 2.75) is 18.7 Å². The summed E-state index contributed by atoms with van der Waals surface area (Å²) >= 11 is 0. The molecule has 0 fully saturated rings. The van der Waals surface area contributed by atoms with Crippen LogP contribution in [0.4, 0.5) is 5.69 Å². The van der Waals surface area contributed by atoms with Crippen molar-refractivity contribution in [1.29, 1.82) is 0 Å². The number of para-hydroxylation sites is 1. The van der Waals surface area contributed by atoms with Crippen molar-refractivity contribution in [1.82, 2.24) is 4.72 Å². The first-order chi connectivity index (χ1) is 8.32. The number of sulfonamides is 1. The van der Waals surface area contributed by atoms with Gasteiger partial charge in [0.2, 0.25) is 10.0 Å². The Kier molecular flexibility index (Phi) is 4.72. The molecule has 6 heteroatoms. The summed E-state index contributed by atoms with van der Waals surface area (Å²) in [7, 11) is -2.05. The van der Waals surface area contributed by atoms with Crippen LogP contribution in [0.15, 0.2) is 29.2 Å². The number of nitrogens with two attached hydrogens (primary N) is 1. The molecule has 1 aromatic rings. The summed E-state index contributed by atoms with van der Waals surface area (Å²) in [6.45, 7) is 5.19. The minimum absolute atomic E-state index is 0.0868. The predicted octanol–water partition coefficient (Wildman–Crippen LogP) is 0.991. The molecule has 102 valence electrons. The smallest absolute Gasteiger partial charge is 0.242 e. The highest BCUT2D eigenvalue weighted by Crippen LogP contribution is 2.22. The molecule has 1 aromatic carbocycles. The molecule has 0 aliphatic carbocycles. The highest BCUT2D eigenvalue weighted by molar-refractivity contribution is 7.89. The lowest BCUT2D eigenvalue weighted by Crippen LogP contribution is -2.32. The summed E-state index contributed by atoms with van der Waals surface area (Å²) in [4.78, 5) is 0.250. The SMILES string of the molecule is CNS(=O)(=O)c1ccccc1NCC(C)(C)CN. The second kappa shape index (κ2) is 5.69. The maximum atomic E-state index is 11.8. The predicted molar refractivity (Wildman–Crippen MR) is 74.0 cm³/mol. The van der Waals surface area contributed by atoms with E-state index in [0.717, 1.165) is 0 Å². The second-order valence-electron chi connectivity index (χ2n) is 4.93. The first kappa shape index (κ1) is 14.9. The third-order valence-electron chi connectivity index (χ3n) is 2.76. The van der Waals surface area contributed by atoms with E-state index in [1.165, 1.54) is 7.05 Å². The summed E-state index contributed by atoms with van der Waals surface area (Å²) in [6.07, 6.45) is 0. The van der Waals surface area contributed by atoms with E-state index < -0.39 is 10.0 Å². The molecule has 0 heterocycles. The zero-order valence-corrected chi connectivity index (χ0v) is 11.8. The lowest BCUT2D eigenvalue weighted by Gasteiger charge is -2.24. The molecule has 0 amide bonds. The lowest BCUT2D eigenvalue weighted by molar-refractivity contribution is 0.405. The van der Waals surface area contributed by atoms with Crippen LogP contribution in [0, 0.1) is 5.41 Å². The third-order valence-corrected chi connectivity index (χ3v) is 4.23. The minimum Gasteiger partial charge on any atom is -0.383 e. The largest absolute Gasteiger partial charge is 0.383 e. The van der Waals surface area contributed by atoms with Crippen molar-refractivity contribution >= 4 is 15.7 Å². The van der Waals surface area contributed by atoms with E-state index in [1.807, 2.05) is 13.8 Å². The van der Waals surface area contributed by atoms with Crippen molar-refractivity contribution in [2.24, 2.45) is 11.1 Å². The number of rotatable bonds is 6. The topological polar surface area (TPSA) is 84.2 Å². The van der Waals surface area contributed by atoms with Gasteiger partial charge in [-0.3, -0.25) is 0 Å². The van der Waals surface area contributed by atoms with Gasteiger partial charge in [-0.15, -0.1) is 0 Å². The van der Waals surface area contributed by atoms with Crippen LogP contribution in [0.25, 0.3) is 0 Å². The van der Waals surface area contributed by atoms with Gasteiger partial charge in [0, 0.05) is 6.54 Å². The Hall–Kier alpha value is -1.11. The monoisotopic (exact) mass is 271 g/mol. The maximum Gasteiger partial charge on any atom is 0.242 e. The van der Waals surface area contributed by atoms with Crippen LogP contribution < -0.4 is 15.8 Å². The molecule has 0 saturated carbocycles. The Morgan fingerprint density at radius 3 is 2.44 bits per heavy atom. The molecule has 0 bridgehead atoms. The molecule has 1 rings (SSSR count). The fraction of sp³-hybridized carbons (Fsp3) is 0.500. The van der Waals surface area contributed by atoms with E-state index in [9.17, 15) is 8.42 Å². The molecule has 0 aliphatic heterocycles. The fourth-order valence-corrected chi connectivity index (χ4v) is 2.27. The van der Waals surface area contributed by atoms with Crippen molar-refractivity contribution in [3.63, 3.8) is 0 Å². The number of hydrogen-bond acceptors (Lipinski definition) is 4. The molecule has 0 spiro atoms. The molecular formula is C12H21N3O2S. The van der Waals surface area contributed by atoms with Crippen LogP contribution in [0.5, 0.6) is 0 Å². The molecule has 0 aliphatic rings. The molecule has 18 heavy (non-hydrogen) atoms. The van der Waals surface area contributed by atoms with E-state index >= 15 is 0 Å².